The van der Waals surface area contributed by atoms with E-state index < -0.39 is 0 Å². The van der Waals surface area contributed by atoms with E-state index in [1.54, 1.807) is 7.11 Å². The first-order valence-corrected chi connectivity index (χ1v) is 7.79. The van der Waals surface area contributed by atoms with Crippen LogP contribution >= 0.6 is 27.5 Å². The van der Waals surface area contributed by atoms with Crippen molar-refractivity contribution in [2.45, 2.75) is 12.7 Å². The molecule has 2 nitrogen and oxygen atoms in total. The number of alkyl halides is 1. The monoisotopic (exact) mass is 354 g/mol. The zero-order chi connectivity index (χ0) is 14.4. The summed E-state index contributed by atoms with van der Waals surface area (Å²) in [6.07, 6.45) is -0.0132. The average Bonchev–Trinajstić information content (AvgIpc) is 2.50. The molecule has 1 atom stereocenters. The lowest BCUT2D eigenvalue weighted by molar-refractivity contribution is 0.0564. The van der Waals surface area contributed by atoms with Crippen molar-refractivity contribution < 1.29 is 9.47 Å². The lowest BCUT2D eigenvalue weighted by atomic mass is 10.1. The predicted octanol–water partition coefficient (Wildman–Crippen LogP) is 5.00. The molecule has 0 amide bonds. The molecular formula is C16H16BrClO2. The Bertz CT molecular complexity index is 542. The number of ether oxygens (including phenoxy) is 2. The van der Waals surface area contributed by atoms with E-state index in [1.165, 1.54) is 0 Å². The number of hydrogen-bond acceptors (Lipinski definition) is 2. The molecule has 0 aliphatic carbocycles. The zero-order valence-corrected chi connectivity index (χ0v) is 13.5. The zero-order valence-electron chi connectivity index (χ0n) is 11.2. The van der Waals surface area contributed by atoms with Crippen molar-refractivity contribution in [2.75, 3.05) is 12.4 Å². The highest BCUT2D eigenvalue weighted by atomic mass is 79.9. The maximum Gasteiger partial charge on any atom is 0.119 e. The lowest BCUT2D eigenvalue weighted by Crippen LogP contribution is -2.06. The topological polar surface area (TPSA) is 18.5 Å². The van der Waals surface area contributed by atoms with Crippen LogP contribution in [0.5, 0.6) is 5.75 Å². The van der Waals surface area contributed by atoms with Gasteiger partial charge in [0.05, 0.1) is 19.8 Å². The second-order valence-electron chi connectivity index (χ2n) is 4.36. The second kappa shape index (κ2) is 7.67. The van der Waals surface area contributed by atoms with Crippen LogP contribution in [0, 0.1) is 0 Å². The number of methoxy groups -OCH3 is 1. The molecule has 0 aromatic heterocycles. The van der Waals surface area contributed by atoms with E-state index in [2.05, 4.69) is 15.9 Å². The molecule has 0 aliphatic heterocycles. The minimum Gasteiger partial charge on any atom is -0.497 e. The molecular weight excluding hydrogens is 340 g/mol. The fourth-order valence-electron chi connectivity index (χ4n) is 1.85. The summed E-state index contributed by atoms with van der Waals surface area (Å²) in [5, 5.41) is 1.46. The maximum atomic E-state index is 5.96. The predicted molar refractivity (Wildman–Crippen MR) is 85.8 cm³/mol. The van der Waals surface area contributed by atoms with Gasteiger partial charge >= 0.3 is 0 Å². The molecule has 0 saturated heterocycles. The Morgan fingerprint density at radius 1 is 1.15 bits per heavy atom. The number of halogens is 2. The quantitative estimate of drug-likeness (QED) is 0.679. The number of benzene rings is 2. The van der Waals surface area contributed by atoms with Crippen LogP contribution in [-0.2, 0) is 11.3 Å². The third-order valence-corrected chi connectivity index (χ3v) is 3.81. The summed E-state index contributed by atoms with van der Waals surface area (Å²) >= 11 is 9.37. The minimum absolute atomic E-state index is 0.0132. The number of hydrogen-bond donors (Lipinski definition) is 0. The largest absolute Gasteiger partial charge is 0.497 e. The summed E-state index contributed by atoms with van der Waals surface area (Å²) in [6.45, 7) is 0.546. The highest BCUT2D eigenvalue weighted by molar-refractivity contribution is 9.09. The molecule has 0 N–H and O–H groups in total. The van der Waals surface area contributed by atoms with Gasteiger partial charge in [-0.05, 0) is 35.4 Å². The van der Waals surface area contributed by atoms with Gasteiger partial charge in [0.25, 0.3) is 0 Å². The van der Waals surface area contributed by atoms with Gasteiger partial charge in [0.15, 0.2) is 0 Å². The van der Waals surface area contributed by atoms with Crippen molar-refractivity contribution in [3.8, 4) is 5.75 Å². The van der Waals surface area contributed by atoms with Crippen LogP contribution in [0.1, 0.15) is 17.2 Å². The molecule has 2 aromatic carbocycles. The third-order valence-electron chi connectivity index (χ3n) is 2.97. The smallest absolute Gasteiger partial charge is 0.119 e. The standard InChI is InChI=1S/C16H16BrClO2/c1-19-15-4-2-3-13(9-15)16(10-17)20-11-12-5-7-14(18)8-6-12/h2-9,16H,10-11H2,1H3. The summed E-state index contributed by atoms with van der Waals surface area (Å²) < 4.78 is 11.2. The number of rotatable bonds is 6. The molecule has 2 rings (SSSR count). The van der Waals surface area contributed by atoms with Gasteiger partial charge in [-0.3, -0.25) is 0 Å². The molecule has 4 heteroatoms. The second-order valence-corrected chi connectivity index (χ2v) is 5.44. The molecule has 0 aliphatic rings. The van der Waals surface area contributed by atoms with E-state index in [0.717, 1.165) is 27.2 Å². The van der Waals surface area contributed by atoms with E-state index >= 15 is 0 Å². The van der Waals surface area contributed by atoms with Crippen LogP contribution in [-0.4, -0.2) is 12.4 Å². The Balaban J connectivity index is 2.03. The van der Waals surface area contributed by atoms with Gasteiger partial charge in [-0.15, -0.1) is 0 Å². The Morgan fingerprint density at radius 2 is 1.90 bits per heavy atom. The summed E-state index contributed by atoms with van der Waals surface area (Å²) in [5.74, 6) is 0.837. The van der Waals surface area contributed by atoms with Crippen molar-refractivity contribution in [3.05, 3.63) is 64.7 Å². The Morgan fingerprint density at radius 3 is 2.55 bits per heavy atom. The first-order chi connectivity index (χ1) is 9.72. The third kappa shape index (κ3) is 4.23. The first-order valence-electron chi connectivity index (χ1n) is 6.29. The lowest BCUT2D eigenvalue weighted by Gasteiger charge is -2.16. The fraction of sp³-hybridized carbons (Fsp3) is 0.250. The first kappa shape index (κ1) is 15.4. The van der Waals surface area contributed by atoms with Crippen LogP contribution in [0.2, 0.25) is 5.02 Å². The van der Waals surface area contributed by atoms with Gasteiger partial charge in [0.2, 0.25) is 0 Å². The molecule has 0 fully saturated rings. The summed E-state index contributed by atoms with van der Waals surface area (Å²) in [4.78, 5) is 0. The van der Waals surface area contributed by atoms with E-state index in [-0.39, 0.29) is 6.10 Å². The molecule has 2 aromatic rings. The summed E-state index contributed by atoms with van der Waals surface area (Å²) in [7, 11) is 1.66. The Hall–Kier alpha value is -1.03. The Kier molecular flexibility index (Phi) is 5.89. The SMILES string of the molecule is COc1cccc(C(CBr)OCc2ccc(Cl)cc2)c1. The molecule has 1 unspecified atom stereocenters. The minimum atomic E-state index is -0.0132. The molecule has 20 heavy (non-hydrogen) atoms. The van der Waals surface area contributed by atoms with Crippen molar-refractivity contribution in [1.29, 1.82) is 0 Å². The van der Waals surface area contributed by atoms with E-state index in [0.29, 0.717) is 6.61 Å². The van der Waals surface area contributed by atoms with E-state index in [1.807, 2.05) is 48.5 Å². The van der Waals surface area contributed by atoms with E-state index in [4.69, 9.17) is 21.1 Å². The highest BCUT2D eigenvalue weighted by Crippen LogP contribution is 2.25. The van der Waals surface area contributed by atoms with Crippen LogP contribution < -0.4 is 4.74 Å². The van der Waals surface area contributed by atoms with E-state index in [9.17, 15) is 0 Å². The van der Waals surface area contributed by atoms with Crippen LogP contribution in [0.25, 0.3) is 0 Å². The van der Waals surface area contributed by atoms with Gasteiger partial charge in [0.1, 0.15) is 5.75 Å². The van der Waals surface area contributed by atoms with Crippen molar-refractivity contribution in [2.24, 2.45) is 0 Å². The Labute approximate surface area is 132 Å². The average molecular weight is 356 g/mol. The molecule has 0 radical (unpaired) electrons. The van der Waals surface area contributed by atoms with Gasteiger partial charge in [0, 0.05) is 10.4 Å². The molecule has 0 bridgehead atoms. The van der Waals surface area contributed by atoms with Crippen LogP contribution in [0.4, 0.5) is 0 Å². The molecule has 0 spiro atoms. The van der Waals surface area contributed by atoms with Crippen LogP contribution in [0.15, 0.2) is 48.5 Å². The van der Waals surface area contributed by atoms with Crippen molar-refractivity contribution >= 4 is 27.5 Å². The van der Waals surface area contributed by atoms with Crippen LogP contribution in [0.3, 0.4) is 0 Å². The summed E-state index contributed by atoms with van der Waals surface area (Å²) in [6, 6.07) is 15.6. The van der Waals surface area contributed by atoms with Gasteiger partial charge in [-0.2, -0.15) is 0 Å². The molecule has 0 saturated carbocycles. The normalized spacial score (nSPS) is 12.2. The molecule has 106 valence electrons. The highest BCUT2D eigenvalue weighted by Gasteiger charge is 2.11. The van der Waals surface area contributed by atoms with Gasteiger partial charge in [-0.25, -0.2) is 0 Å². The van der Waals surface area contributed by atoms with Crippen molar-refractivity contribution in [3.63, 3.8) is 0 Å². The van der Waals surface area contributed by atoms with Gasteiger partial charge < -0.3 is 9.47 Å². The summed E-state index contributed by atoms with van der Waals surface area (Å²) in [5.41, 5.74) is 2.19. The van der Waals surface area contributed by atoms with Crippen molar-refractivity contribution in [1.82, 2.24) is 0 Å². The molecule has 0 heterocycles. The maximum absolute atomic E-state index is 5.96. The van der Waals surface area contributed by atoms with Gasteiger partial charge in [-0.1, -0.05) is 51.8 Å². The fourth-order valence-corrected chi connectivity index (χ4v) is 2.54.